The lowest BCUT2D eigenvalue weighted by Crippen LogP contribution is -2.43. The van der Waals surface area contributed by atoms with Crippen molar-refractivity contribution in [3.63, 3.8) is 0 Å². The number of hydrogen-bond acceptors (Lipinski definition) is 2. The molecule has 1 aromatic carbocycles. The summed E-state index contributed by atoms with van der Waals surface area (Å²) in [5.41, 5.74) is 8.61. The lowest BCUT2D eigenvalue weighted by molar-refractivity contribution is 0.108. The SMILES string of the molecule is Cc1cc(Cl)ccc1C(CN)N1CCCCC1C. The van der Waals surface area contributed by atoms with Gasteiger partial charge in [-0.3, -0.25) is 4.90 Å². The van der Waals surface area contributed by atoms with Crippen molar-refractivity contribution in [2.24, 2.45) is 5.73 Å². The Morgan fingerprint density at radius 3 is 2.83 bits per heavy atom. The number of halogens is 1. The molecule has 0 amide bonds. The maximum Gasteiger partial charge on any atom is 0.0475 e. The molecule has 2 unspecified atom stereocenters. The van der Waals surface area contributed by atoms with Crippen molar-refractivity contribution in [2.45, 2.75) is 45.2 Å². The van der Waals surface area contributed by atoms with Crippen molar-refractivity contribution in [1.29, 1.82) is 0 Å². The highest BCUT2D eigenvalue weighted by Crippen LogP contribution is 2.30. The molecule has 2 N–H and O–H groups in total. The van der Waals surface area contributed by atoms with Gasteiger partial charge in [-0.2, -0.15) is 0 Å². The molecule has 0 radical (unpaired) electrons. The second-order valence-electron chi connectivity index (χ2n) is 5.34. The van der Waals surface area contributed by atoms with E-state index < -0.39 is 0 Å². The smallest absolute Gasteiger partial charge is 0.0475 e. The van der Waals surface area contributed by atoms with Gasteiger partial charge in [-0.05, 0) is 56.5 Å². The molecule has 1 fully saturated rings. The quantitative estimate of drug-likeness (QED) is 0.907. The zero-order valence-electron chi connectivity index (χ0n) is 11.3. The molecule has 2 nitrogen and oxygen atoms in total. The fourth-order valence-corrected chi connectivity index (χ4v) is 3.26. The van der Waals surface area contributed by atoms with Crippen LogP contribution in [0.2, 0.25) is 5.02 Å². The summed E-state index contributed by atoms with van der Waals surface area (Å²) in [6, 6.07) is 7.10. The van der Waals surface area contributed by atoms with Crippen LogP contribution in [0.5, 0.6) is 0 Å². The minimum absolute atomic E-state index is 0.331. The van der Waals surface area contributed by atoms with Gasteiger partial charge in [0.1, 0.15) is 0 Å². The highest BCUT2D eigenvalue weighted by Gasteiger charge is 2.27. The standard InChI is InChI=1S/C15H23ClN2/c1-11-9-13(16)6-7-14(11)15(10-17)18-8-4-3-5-12(18)2/h6-7,9,12,15H,3-5,8,10,17H2,1-2H3. The molecule has 1 aliphatic heterocycles. The summed E-state index contributed by atoms with van der Waals surface area (Å²) in [6.07, 6.45) is 3.91. The molecule has 3 heteroatoms. The zero-order chi connectivity index (χ0) is 13.1. The van der Waals surface area contributed by atoms with Crippen molar-refractivity contribution in [3.8, 4) is 0 Å². The summed E-state index contributed by atoms with van der Waals surface area (Å²) in [4.78, 5) is 2.56. The first kappa shape index (κ1) is 13.9. The number of nitrogens with zero attached hydrogens (tertiary/aromatic N) is 1. The Balaban J connectivity index is 2.26. The van der Waals surface area contributed by atoms with Crippen LogP contribution in [0.1, 0.15) is 43.4 Å². The van der Waals surface area contributed by atoms with E-state index in [2.05, 4.69) is 24.8 Å². The van der Waals surface area contributed by atoms with Crippen LogP contribution in [-0.4, -0.2) is 24.0 Å². The minimum Gasteiger partial charge on any atom is -0.329 e. The predicted molar refractivity (Wildman–Crippen MR) is 78.0 cm³/mol. The highest BCUT2D eigenvalue weighted by molar-refractivity contribution is 6.30. The summed E-state index contributed by atoms with van der Waals surface area (Å²) < 4.78 is 0. The van der Waals surface area contributed by atoms with Crippen LogP contribution in [-0.2, 0) is 0 Å². The van der Waals surface area contributed by atoms with Gasteiger partial charge in [-0.15, -0.1) is 0 Å². The van der Waals surface area contributed by atoms with Gasteiger partial charge in [0.05, 0.1) is 0 Å². The van der Waals surface area contributed by atoms with Crippen LogP contribution in [0, 0.1) is 6.92 Å². The minimum atomic E-state index is 0.331. The van der Waals surface area contributed by atoms with Crippen molar-refractivity contribution < 1.29 is 0 Å². The van der Waals surface area contributed by atoms with E-state index in [0.29, 0.717) is 18.6 Å². The first-order chi connectivity index (χ1) is 8.63. The Labute approximate surface area is 115 Å². The number of aryl methyl sites for hydroxylation is 1. The number of rotatable bonds is 3. The number of likely N-dealkylation sites (tertiary alicyclic amines) is 1. The molecule has 0 saturated carbocycles. The van der Waals surface area contributed by atoms with Gasteiger partial charge in [-0.25, -0.2) is 0 Å². The number of nitrogens with two attached hydrogens (primary N) is 1. The van der Waals surface area contributed by atoms with E-state index in [1.807, 2.05) is 12.1 Å². The molecule has 0 aliphatic carbocycles. The molecule has 0 bridgehead atoms. The van der Waals surface area contributed by atoms with Gasteiger partial charge in [-0.1, -0.05) is 24.1 Å². The van der Waals surface area contributed by atoms with Crippen molar-refractivity contribution >= 4 is 11.6 Å². The Bertz CT molecular complexity index is 405. The molecule has 1 aromatic rings. The molecule has 2 atom stereocenters. The summed E-state index contributed by atoms with van der Waals surface area (Å²) >= 11 is 6.03. The zero-order valence-corrected chi connectivity index (χ0v) is 12.1. The van der Waals surface area contributed by atoms with E-state index in [0.717, 1.165) is 11.6 Å². The largest absolute Gasteiger partial charge is 0.329 e. The van der Waals surface area contributed by atoms with Gasteiger partial charge in [0.2, 0.25) is 0 Å². The van der Waals surface area contributed by atoms with Crippen molar-refractivity contribution in [1.82, 2.24) is 4.90 Å². The molecule has 1 heterocycles. The van der Waals surface area contributed by atoms with E-state index in [1.54, 1.807) is 0 Å². The van der Waals surface area contributed by atoms with Crippen LogP contribution in [0.25, 0.3) is 0 Å². The van der Waals surface area contributed by atoms with Gasteiger partial charge >= 0.3 is 0 Å². The second kappa shape index (κ2) is 6.05. The monoisotopic (exact) mass is 266 g/mol. The first-order valence-electron chi connectivity index (χ1n) is 6.85. The van der Waals surface area contributed by atoms with Crippen molar-refractivity contribution in [2.75, 3.05) is 13.1 Å². The topological polar surface area (TPSA) is 29.3 Å². The van der Waals surface area contributed by atoms with E-state index in [1.165, 1.54) is 30.4 Å². The lowest BCUT2D eigenvalue weighted by Gasteiger charge is -2.40. The Morgan fingerprint density at radius 1 is 1.44 bits per heavy atom. The number of hydrogen-bond donors (Lipinski definition) is 1. The fourth-order valence-electron chi connectivity index (χ4n) is 3.04. The number of piperidine rings is 1. The highest BCUT2D eigenvalue weighted by atomic mass is 35.5. The predicted octanol–water partition coefficient (Wildman–Crippen LogP) is 3.52. The first-order valence-corrected chi connectivity index (χ1v) is 7.23. The van der Waals surface area contributed by atoms with Gasteiger partial charge in [0, 0.05) is 23.7 Å². The number of benzene rings is 1. The van der Waals surface area contributed by atoms with Crippen LogP contribution in [0.3, 0.4) is 0 Å². The molecule has 0 aromatic heterocycles. The fraction of sp³-hybridized carbons (Fsp3) is 0.600. The summed E-state index contributed by atoms with van der Waals surface area (Å²) in [5.74, 6) is 0. The van der Waals surface area contributed by atoms with E-state index >= 15 is 0 Å². The average molecular weight is 267 g/mol. The molecular weight excluding hydrogens is 244 g/mol. The molecule has 1 aliphatic rings. The molecule has 0 spiro atoms. The normalized spacial score (nSPS) is 23.0. The molecule has 100 valence electrons. The molecule has 18 heavy (non-hydrogen) atoms. The molecular formula is C15H23ClN2. The second-order valence-corrected chi connectivity index (χ2v) is 5.77. The molecule has 2 rings (SSSR count). The third-order valence-electron chi connectivity index (χ3n) is 4.07. The molecule has 1 saturated heterocycles. The van der Waals surface area contributed by atoms with Gasteiger partial charge in [0.25, 0.3) is 0 Å². The third-order valence-corrected chi connectivity index (χ3v) is 4.30. The average Bonchev–Trinajstić information content (AvgIpc) is 2.34. The van der Waals surface area contributed by atoms with Crippen molar-refractivity contribution in [3.05, 3.63) is 34.3 Å². The summed E-state index contributed by atoms with van der Waals surface area (Å²) in [6.45, 7) is 6.27. The lowest BCUT2D eigenvalue weighted by atomic mass is 9.95. The summed E-state index contributed by atoms with van der Waals surface area (Å²) in [7, 11) is 0. The Kier molecular flexibility index (Phi) is 4.66. The van der Waals surface area contributed by atoms with Crippen LogP contribution in [0.4, 0.5) is 0 Å². The van der Waals surface area contributed by atoms with Crippen LogP contribution < -0.4 is 5.73 Å². The van der Waals surface area contributed by atoms with E-state index in [9.17, 15) is 0 Å². The Hall–Kier alpha value is -0.570. The van der Waals surface area contributed by atoms with Gasteiger partial charge in [0.15, 0.2) is 0 Å². The van der Waals surface area contributed by atoms with E-state index in [4.69, 9.17) is 17.3 Å². The van der Waals surface area contributed by atoms with E-state index in [-0.39, 0.29) is 0 Å². The summed E-state index contributed by atoms with van der Waals surface area (Å²) in [5, 5.41) is 0.804. The van der Waals surface area contributed by atoms with Crippen LogP contribution >= 0.6 is 11.6 Å². The van der Waals surface area contributed by atoms with Crippen LogP contribution in [0.15, 0.2) is 18.2 Å². The third kappa shape index (κ3) is 2.87. The van der Waals surface area contributed by atoms with Gasteiger partial charge < -0.3 is 5.73 Å². The maximum absolute atomic E-state index is 6.03. The maximum atomic E-state index is 6.03. The Morgan fingerprint density at radius 2 is 2.22 bits per heavy atom.